The van der Waals surface area contributed by atoms with Crippen molar-refractivity contribution in [1.29, 1.82) is 0 Å². The molecule has 0 aliphatic heterocycles. The molecule has 0 fully saturated rings. The molecule has 20 heavy (non-hydrogen) atoms. The van der Waals surface area contributed by atoms with Gasteiger partial charge in [0.05, 0.1) is 12.5 Å². The van der Waals surface area contributed by atoms with Gasteiger partial charge in [0.15, 0.2) is 0 Å². The van der Waals surface area contributed by atoms with Crippen molar-refractivity contribution in [3.63, 3.8) is 0 Å². The van der Waals surface area contributed by atoms with Gasteiger partial charge in [-0.15, -0.1) is 11.8 Å². The molecule has 0 heterocycles. The van der Waals surface area contributed by atoms with Crippen molar-refractivity contribution in [3.8, 4) is 0 Å². The van der Waals surface area contributed by atoms with Gasteiger partial charge in [0.2, 0.25) is 0 Å². The molecular formula is C14H18O4S2. The molecule has 0 saturated heterocycles. The summed E-state index contributed by atoms with van der Waals surface area (Å²) in [5, 5.41) is 9.18. The van der Waals surface area contributed by atoms with E-state index in [2.05, 4.69) is 0 Å². The van der Waals surface area contributed by atoms with E-state index < -0.39 is 11.9 Å². The molecule has 0 saturated carbocycles. The lowest BCUT2D eigenvalue weighted by Crippen LogP contribution is -2.19. The van der Waals surface area contributed by atoms with Crippen LogP contribution in [-0.2, 0) is 14.3 Å². The third kappa shape index (κ3) is 5.88. The minimum absolute atomic E-state index is 0.134. The van der Waals surface area contributed by atoms with Crippen LogP contribution in [-0.4, -0.2) is 34.3 Å². The Morgan fingerprint density at radius 2 is 2.30 bits per heavy atom. The molecule has 0 radical (unpaired) electrons. The summed E-state index contributed by atoms with van der Waals surface area (Å²) < 4.78 is 4.80. The number of aliphatic carboxylic acids is 1. The average Bonchev–Trinajstić information content (AvgIpc) is 2.40. The maximum Gasteiger partial charge on any atom is 0.307 e. The number of hydrogen-bond acceptors (Lipinski definition) is 5. The third-order valence-electron chi connectivity index (χ3n) is 2.75. The van der Waals surface area contributed by atoms with E-state index in [4.69, 9.17) is 17.0 Å². The van der Waals surface area contributed by atoms with E-state index >= 15 is 0 Å². The minimum Gasteiger partial charge on any atom is -0.481 e. The van der Waals surface area contributed by atoms with Gasteiger partial charge in [-0.3, -0.25) is 9.59 Å². The summed E-state index contributed by atoms with van der Waals surface area (Å²) in [6.45, 7) is 2.05. The first-order chi connectivity index (χ1) is 9.54. The van der Waals surface area contributed by atoms with Gasteiger partial charge in [0.1, 0.15) is 0 Å². The van der Waals surface area contributed by atoms with E-state index in [0.717, 1.165) is 16.2 Å². The zero-order chi connectivity index (χ0) is 15.0. The van der Waals surface area contributed by atoms with Gasteiger partial charge >= 0.3 is 11.9 Å². The van der Waals surface area contributed by atoms with E-state index in [-0.39, 0.29) is 18.8 Å². The molecule has 0 aromatic carbocycles. The number of esters is 1. The van der Waals surface area contributed by atoms with Crippen LogP contribution in [0.15, 0.2) is 23.1 Å². The fraction of sp³-hybridized carbons (Fsp3) is 0.500. The number of rotatable bonds is 8. The molecule has 110 valence electrons. The minimum atomic E-state index is -0.889. The van der Waals surface area contributed by atoms with Crippen molar-refractivity contribution < 1.29 is 19.4 Å². The van der Waals surface area contributed by atoms with Gasteiger partial charge in [-0.25, -0.2) is 0 Å². The van der Waals surface area contributed by atoms with Gasteiger partial charge in [0, 0.05) is 28.4 Å². The fourth-order valence-corrected chi connectivity index (χ4v) is 3.10. The molecule has 1 aliphatic rings. The molecule has 0 aromatic heterocycles. The molecule has 1 unspecified atom stereocenters. The Bertz CT molecular complexity index is 440. The van der Waals surface area contributed by atoms with E-state index in [1.165, 1.54) is 11.8 Å². The smallest absolute Gasteiger partial charge is 0.307 e. The number of carbonyl (C=O) groups is 2. The number of ether oxygens (including phenoxy) is 1. The highest BCUT2D eigenvalue weighted by Crippen LogP contribution is 2.26. The van der Waals surface area contributed by atoms with Crippen molar-refractivity contribution >= 4 is 40.8 Å². The molecule has 4 nitrogen and oxygen atoms in total. The van der Waals surface area contributed by atoms with Crippen molar-refractivity contribution in [2.24, 2.45) is 5.92 Å². The summed E-state index contributed by atoms with van der Waals surface area (Å²) in [6.07, 6.45) is 6.95. The average molecular weight is 314 g/mol. The number of hydrogen-bond donors (Lipinski definition) is 1. The van der Waals surface area contributed by atoms with Crippen molar-refractivity contribution in [3.05, 3.63) is 23.1 Å². The molecule has 0 bridgehead atoms. The molecular weight excluding hydrogens is 296 g/mol. The second-order valence-corrected chi connectivity index (χ2v) is 5.83. The molecule has 0 amide bonds. The van der Waals surface area contributed by atoms with Crippen LogP contribution in [0.4, 0.5) is 0 Å². The van der Waals surface area contributed by atoms with Crippen LogP contribution in [0.1, 0.15) is 26.2 Å². The Kier molecular flexibility index (Phi) is 7.54. The highest BCUT2D eigenvalue weighted by molar-refractivity contribution is 8.05. The highest BCUT2D eigenvalue weighted by atomic mass is 32.2. The van der Waals surface area contributed by atoms with Crippen LogP contribution in [0.5, 0.6) is 0 Å². The second-order valence-electron chi connectivity index (χ2n) is 4.28. The van der Waals surface area contributed by atoms with Crippen molar-refractivity contribution in [1.82, 2.24) is 0 Å². The zero-order valence-electron chi connectivity index (χ0n) is 11.3. The first kappa shape index (κ1) is 16.9. The molecule has 6 heteroatoms. The molecule has 1 aliphatic carbocycles. The standard InChI is InChI=1S/C14H18O4S2/c1-2-18-13(15)8-7-10(14(16)17)9-20-12-6-4-3-5-11(12)19/h3-4,6,10H,2,5,7-9H2,1H3,(H,16,17). The predicted molar refractivity (Wildman–Crippen MR) is 83.9 cm³/mol. The zero-order valence-corrected chi connectivity index (χ0v) is 13.0. The maximum atomic E-state index is 11.3. The first-order valence-corrected chi connectivity index (χ1v) is 7.85. The molecule has 1 atom stereocenters. The Labute approximate surface area is 128 Å². The second kappa shape index (κ2) is 8.92. The normalized spacial score (nSPS) is 15.7. The van der Waals surface area contributed by atoms with Gasteiger partial charge in [-0.2, -0.15) is 0 Å². The van der Waals surface area contributed by atoms with Gasteiger partial charge < -0.3 is 9.84 Å². The van der Waals surface area contributed by atoms with Crippen LogP contribution in [0.25, 0.3) is 0 Å². The quantitative estimate of drug-likeness (QED) is 0.549. The van der Waals surface area contributed by atoms with E-state index in [9.17, 15) is 14.7 Å². The van der Waals surface area contributed by atoms with Crippen LogP contribution >= 0.6 is 24.0 Å². The van der Waals surface area contributed by atoms with Gasteiger partial charge in [0.25, 0.3) is 0 Å². The third-order valence-corrected chi connectivity index (χ3v) is 4.53. The summed E-state index contributed by atoms with van der Waals surface area (Å²) in [7, 11) is 0. The largest absolute Gasteiger partial charge is 0.481 e. The molecule has 0 spiro atoms. The van der Waals surface area contributed by atoms with Crippen LogP contribution in [0.3, 0.4) is 0 Å². The molecule has 1 rings (SSSR count). The fourth-order valence-electron chi connectivity index (χ4n) is 1.65. The number of thiocarbonyl (C=S) groups is 1. The Hall–Kier alpha value is -1.14. The van der Waals surface area contributed by atoms with E-state index in [1.807, 2.05) is 18.2 Å². The topological polar surface area (TPSA) is 63.6 Å². The summed E-state index contributed by atoms with van der Waals surface area (Å²) in [6, 6.07) is 0. The predicted octanol–water partition coefficient (Wildman–Crippen LogP) is 2.98. The lowest BCUT2D eigenvalue weighted by atomic mass is 10.1. The van der Waals surface area contributed by atoms with Crippen molar-refractivity contribution in [2.75, 3.05) is 12.4 Å². The van der Waals surface area contributed by atoms with E-state index in [1.54, 1.807) is 6.92 Å². The number of thioether (sulfide) groups is 1. The van der Waals surface area contributed by atoms with Gasteiger partial charge in [-0.1, -0.05) is 24.4 Å². The van der Waals surface area contributed by atoms with Crippen LogP contribution < -0.4 is 0 Å². The lowest BCUT2D eigenvalue weighted by molar-refractivity contribution is -0.144. The number of allylic oxidation sites excluding steroid dienone is 4. The maximum absolute atomic E-state index is 11.3. The lowest BCUT2D eigenvalue weighted by Gasteiger charge is -2.14. The number of carbonyl (C=O) groups excluding carboxylic acids is 1. The summed E-state index contributed by atoms with van der Waals surface area (Å²) >= 11 is 6.67. The Balaban J connectivity index is 2.45. The summed E-state index contributed by atoms with van der Waals surface area (Å²) in [4.78, 5) is 24.2. The van der Waals surface area contributed by atoms with Crippen molar-refractivity contribution in [2.45, 2.75) is 26.2 Å². The van der Waals surface area contributed by atoms with Gasteiger partial charge in [-0.05, 0) is 19.4 Å². The highest BCUT2D eigenvalue weighted by Gasteiger charge is 2.20. The van der Waals surface area contributed by atoms with Crippen LogP contribution in [0.2, 0.25) is 0 Å². The van der Waals surface area contributed by atoms with Crippen LogP contribution in [0, 0.1) is 5.92 Å². The summed E-state index contributed by atoms with van der Waals surface area (Å²) in [5.74, 6) is -1.40. The summed E-state index contributed by atoms with van der Waals surface area (Å²) in [5.41, 5.74) is 0. The first-order valence-electron chi connectivity index (χ1n) is 6.45. The molecule has 0 aromatic rings. The van der Waals surface area contributed by atoms with E-state index in [0.29, 0.717) is 12.4 Å². The Morgan fingerprint density at radius 1 is 1.55 bits per heavy atom. The Morgan fingerprint density at radius 3 is 2.90 bits per heavy atom. The number of carboxylic acid groups (broad SMARTS) is 1. The monoisotopic (exact) mass is 314 g/mol. The SMILES string of the molecule is CCOC(=O)CCC(CSC1=CC=CCC1=S)C(=O)O. The number of carboxylic acids is 1. The molecule has 1 N–H and O–H groups in total.